The number of amides is 2. The molecule has 2 aromatic rings. The van der Waals surface area contributed by atoms with Crippen molar-refractivity contribution in [2.45, 2.75) is 33.5 Å². The molecule has 0 saturated carbocycles. The van der Waals surface area contributed by atoms with Gasteiger partial charge >= 0.3 is 6.09 Å². The smallest absolute Gasteiger partial charge is 0.414 e. The summed E-state index contributed by atoms with van der Waals surface area (Å²) in [4.78, 5) is 33.5. The molecule has 1 N–H and O–H groups in total. The molecule has 1 aromatic heterocycles. The molecular formula is C20H22ClFN4O4. The lowest BCUT2D eigenvalue weighted by atomic mass is 10.2. The number of aryl methyl sites for hydroxylation is 3. The van der Waals surface area contributed by atoms with Gasteiger partial charge in [0.15, 0.2) is 11.6 Å². The fourth-order valence-corrected chi connectivity index (χ4v) is 3.03. The number of halogens is 2. The number of hydrogen-bond donors (Lipinski definition) is 1. The van der Waals surface area contributed by atoms with Gasteiger partial charge in [-0.2, -0.15) is 0 Å². The molecule has 1 aliphatic rings. The van der Waals surface area contributed by atoms with Crippen LogP contribution < -0.4 is 15.0 Å². The van der Waals surface area contributed by atoms with Crippen molar-refractivity contribution in [3.8, 4) is 5.75 Å². The quantitative estimate of drug-likeness (QED) is 0.671. The molecule has 8 nitrogen and oxygen atoms in total. The molecule has 1 aliphatic heterocycles. The van der Waals surface area contributed by atoms with E-state index in [1.165, 1.54) is 17.0 Å². The van der Waals surface area contributed by atoms with Crippen LogP contribution in [0.25, 0.3) is 0 Å². The zero-order valence-corrected chi connectivity index (χ0v) is 17.6. The fourth-order valence-electron chi connectivity index (χ4n) is 2.93. The van der Waals surface area contributed by atoms with E-state index in [4.69, 9.17) is 21.1 Å². The maximum absolute atomic E-state index is 14.6. The molecule has 1 aromatic carbocycles. The van der Waals surface area contributed by atoms with Crippen molar-refractivity contribution >= 4 is 29.3 Å². The Morgan fingerprint density at radius 3 is 2.73 bits per heavy atom. The predicted octanol–water partition coefficient (Wildman–Crippen LogP) is 2.80. The van der Waals surface area contributed by atoms with Gasteiger partial charge < -0.3 is 14.8 Å². The van der Waals surface area contributed by atoms with Crippen molar-refractivity contribution < 1.29 is 23.5 Å². The number of cyclic esters (lactones) is 1. The Hall–Kier alpha value is -2.94. The number of nitrogens with zero attached hydrogens (tertiary/aromatic N) is 3. The van der Waals surface area contributed by atoms with Gasteiger partial charge in [0, 0.05) is 6.07 Å². The molecule has 1 fully saturated rings. The number of carbonyl (C=O) groups is 2. The summed E-state index contributed by atoms with van der Waals surface area (Å²) in [5.41, 5.74) is 3.32. The highest BCUT2D eigenvalue weighted by Crippen LogP contribution is 2.27. The Morgan fingerprint density at radius 2 is 2.03 bits per heavy atom. The van der Waals surface area contributed by atoms with Crippen LogP contribution in [0.5, 0.6) is 5.75 Å². The monoisotopic (exact) mass is 436 g/mol. The number of ether oxygens (including phenoxy) is 2. The average molecular weight is 437 g/mol. The van der Waals surface area contributed by atoms with Crippen LogP contribution in [0.3, 0.4) is 0 Å². The summed E-state index contributed by atoms with van der Waals surface area (Å²) in [7, 11) is 0. The highest BCUT2D eigenvalue weighted by Gasteiger charge is 2.33. The number of carbonyl (C=O) groups excluding carboxylic acids is 2. The lowest BCUT2D eigenvalue weighted by molar-refractivity contribution is -0.119. The first-order chi connectivity index (χ1) is 14.3. The zero-order chi connectivity index (χ0) is 21.8. The molecule has 1 saturated heterocycles. The van der Waals surface area contributed by atoms with Crippen molar-refractivity contribution in [1.29, 1.82) is 0 Å². The van der Waals surface area contributed by atoms with E-state index in [1.54, 1.807) is 6.07 Å². The minimum Gasteiger partial charge on any atom is -0.484 e. The summed E-state index contributed by atoms with van der Waals surface area (Å²) in [6.45, 7) is 5.93. The third-order valence-electron chi connectivity index (χ3n) is 4.69. The van der Waals surface area contributed by atoms with E-state index >= 15 is 0 Å². The van der Waals surface area contributed by atoms with E-state index in [9.17, 15) is 14.0 Å². The SMILES string of the molecule is Cc1nc(C)c(COc2ccc(N3CC(CNC(=O)CCl)OC3=O)cc2F)nc1C. The van der Waals surface area contributed by atoms with E-state index < -0.39 is 18.0 Å². The second-order valence-corrected chi connectivity index (χ2v) is 7.15. The molecule has 0 bridgehead atoms. The standard InChI is InChI=1S/C20H22ClFN4O4/c1-11-12(2)25-17(13(3)24-11)10-29-18-5-4-14(6-16(18)22)26-9-15(30-20(26)28)8-23-19(27)7-21/h4-6,15H,7-10H2,1-3H3,(H,23,27). The summed E-state index contributed by atoms with van der Waals surface area (Å²) in [6, 6.07) is 4.22. The molecular weight excluding hydrogens is 415 g/mol. The molecule has 2 amide bonds. The van der Waals surface area contributed by atoms with Gasteiger partial charge in [-0.25, -0.2) is 9.18 Å². The lowest BCUT2D eigenvalue weighted by Gasteiger charge is -2.15. The minimum absolute atomic E-state index is 0.0386. The van der Waals surface area contributed by atoms with Gasteiger partial charge in [-0.15, -0.1) is 11.6 Å². The second-order valence-electron chi connectivity index (χ2n) is 6.88. The van der Waals surface area contributed by atoms with Crippen LogP contribution in [0.15, 0.2) is 18.2 Å². The summed E-state index contributed by atoms with van der Waals surface area (Å²) in [5.74, 6) is -1.11. The molecule has 1 atom stereocenters. The highest BCUT2D eigenvalue weighted by molar-refractivity contribution is 6.27. The first-order valence-corrected chi connectivity index (χ1v) is 9.85. The number of anilines is 1. The van der Waals surface area contributed by atoms with E-state index in [2.05, 4.69) is 15.3 Å². The molecule has 0 aliphatic carbocycles. The topological polar surface area (TPSA) is 93.6 Å². The first-order valence-electron chi connectivity index (χ1n) is 9.32. The Bertz CT molecular complexity index is 972. The summed E-state index contributed by atoms with van der Waals surface area (Å²) >= 11 is 5.42. The molecule has 30 heavy (non-hydrogen) atoms. The summed E-state index contributed by atoms with van der Waals surface area (Å²) < 4.78 is 25.3. The van der Waals surface area contributed by atoms with Gasteiger partial charge in [-0.05, 0) is 32.9 Å². The Labute approximate surface area is 178 Å². The van der Waals surface area contributed by atoms with Crippen molar-refractivity contribution in [3.63, 3.8) is 0 Å². The van der Waals surface area contributed by atoms with Crippen molar-refractivity contribution in [3.05, 3.63) is 46.8 Å². The number of aromatic nitrogens is 2. The summed E-state index contributed by atoms with van der Waals surface area (Å²) in [5, 5.41) is 2.55. The Balaban J connectivity index is 1.64. The average Bonchev–Trinajstić information content (AvgIpc) is 3.09. The third-order valence-corrected chi connectivity index (χ3v) is 4.94. The number of nitrogens with one attached hydrogen (secondary N) is 1. The number of alkyl halides is 1. The van der Waals surface area contributed by atoms with Gasteiger partial charge in [0.1, 0.15) is 18.6 Å². The van der Waals surface area contributed by atoms with Crippen LogP contribution in [0.4, 0.5) is 14.9 Å². The van der Waals surface area contributed by atoms with Gasteiger partial charge in [0.05, 0.1) is 41.6 Å². The molecule has 10 heteroatoms. The van der Waals surface area contributed by atoms with Gasteiger partial charge in [-0.1, -0.05) is 0 Å². The lowest BCUT2D eigenvalue weighted by Crippen LogP contribution is -2.35. The molecule has 0 spiro atoms. The van der Waals surface area contributed by atoms with Crippen molar-refractivity contribution in [2.75, 3.05) is 23.9 Å². The van der Waals surface area contributed by atoms with E-state index in [1.807, 2.05) is 20.8 Å². The number of rotatable bonds is 7. The maximum Gasteiger partial charge on any atom is 0.414 e. The molecule has 160 valence electrons. The second kappa shape index (κ2) is 9.25. The minimum atomic E-state index is -0.617. The highest BCUT2D eigenvalue weighted by atomic mass is 35.5. The third kappa shape index (κ3) is 4.96. The van der Waals surface area contributed by atoms with Crippen molar-refractivity contribution in [2.24, 2.45) is 0 Å². The number of benzene rings is 1. The molecule has 3 rings (SSSR count). The van der Waals surface area contributed by atoms with Crippen LogP contribution in [0.2, 0.25) is 0 Å². The van der Waals surface area contributed by atoms with Gasteiger partial charge in [0.25, 0.3) is 0 Å². The summed E-state index contributed by atoms with van der Waals surface area (Å²) in [6.07, 6.45) is -1.16. The van der Waals surface area contributed by atoms with Crippen LogP contribution in [-0.2, 0) is 16.1 Å². The molecule has 2 heterocycles. The fraction of sp³-hybridized carbons (Fsp3) is 0.400. The van der Waals surface area contributed by atoms with Gasteiger partial charge in [-0.3, -0.25) is 19.7 Å². The van der Waals surface area contributed by atoms with Gasteiger partial charge in [0.2, 0.25) is 5.91 Å². The van der Waals surface area contributed by atoms with Crippen molar-refractivity contribution in [1.82, 2.24) is 15.3 Å². The normalized spacial score (nSPS) is 15.8. The van der Waals surface area contributed by atoms with Crippen LogP contribution in [0.1, 0.15) is 22.8 Å². The zero-order valence-electron chi connectivity index (χ0n) is 16.9. The number of hydrogen-bond acceptors (Lipinski definition) is 6. The van der Waals surface area contributed by atoms with E-state index in [0.717, 1.165) is 17.1 Å². The molecule has 0 radical (unpaired) electrons. The maximum atomic E-state index is 14.6. The van der Waals surface area contributed by atoms with Crippen LogP contribution in [0, 0.1) is 26.6 Å². The van der Waals surface area contributed by atoms with Crippen LogP contribution in [-0.4, -0.2) is 47.0 Å². The van der Waals surface area contributed by atoms with E-state index in [-0.39, 0.29) is 37.2 Å². The Kier molecular flexibility index (Phi) is 6.71. The first kappa shape index (κ1) is 21.8. The van der Waals surface area contributed by atoms with Crippen LogP contribution >= 0.6 is 11.6 Å². The predicted molar refractivity (Wildman–Crippen MR) is 108 cm³/mol. The molecule has 1 unspecified atom stereocenters. The largest absolute Gasteiger partial charge is 0.484 e. The Morgan fingerprint density at radius 1 is 1.30 bits per heavy atom. The van der Waals surface area contributed by atoms with E-state index in [0.29, 0.717) is 11.4 Å².